The Labute approximate surface area is 238 Å². The van der Waals surface area contributed by atoms with Gasteiger partial charge in [-0.2, -0.15) is 0 Å². The molecule has 3 aliphatic heterocycles. The highest BCUT2D eigenvalue weighted by Crippen LogP contribution is 2.36. The van der Waals surface area contributed by atoms with Gasteiger partial charge in [-0.3, -0.25) is 4.79 Å². The van der Waals surface area contributed by atoms with Gasteiger partial charge in [-0.25, -0.2) is 9.18 Å². The molecule has 10 heteroatoms. The molecule has 7 nitrogen and oxygen atoms in total. The van der Waals surface area contributed by atoms with Crippen molar-refractivity contribution in [2.45, 2.75) is 43.7 Å². The number of likely N-dealkylation sites (tertiary alicyclic amines) is 2. The van der Waals surface area contributed by atoms with Crippen LogP contribution in [0.3, 0.4) is 0 Å². The van der Waals surface area contributed by atoms with Gasteiger partial charge in [0.1, 0.15) is 11.6 Å². The molecule has 2 atom stereocenters. The van der Waals surface area contributed by atoms with Crippen molar-refractivity contribution in [3.8, 4) is 5.75 Å². The summed E-state index contributed by atoms with van der Waals surface area (Å²) in [6.07, 6.45) is 3.20. The maximum atomic E-state index is 13.7. The molecule has 0 spiro atoms. The third-order valence-electron chi connectivity index (χ3n) is 8.36. The number of ether oxygens (including phenoxy) is 2. The summed E-state index contributed by atoms with van der Waals surface area (Å²) in [5, 5.41) is 0.873. The Hall–Kier alpha value is -2.39. The van der Waals surface area contributed by atoms with Gasteiger partial charge < -0.3 is 24.2 Å². The van der Waals surface area contributed by atoms with Gasteiger partial charge in [0, 0.05) is 51.2 Å². The quantitative estimate of drug-likeness (QED) is 0.473. The fraction of sp³-hybridized carbons (Fsp3) is 0.517. The normalized spacial score (nSPS) is 23.1. The number of halogens is 3. The number of hydrogen-bond acceptors (Lipinski definition) is 5. The second-order valence-corrected chi connectivity index (χ2v) is 11.5. The third-order valence-corrected chi connectivity index (χ3v) is 9.10. The first-order valence-corrected chi connectivity index (χ1v) is 14.3. The van der Waals surface area contributed by atoms with Crippen LogP contribution in [-0.4, -0.2) is 85.2 Å². The highest BCUT2D eigenvalue weighted by Gasteiger charge is 2.43. The van der Waals surface area contributed by atoms with E-state index in [2.05, 4.69) is 4.90 Å². The number of carbonyl (C=O) groups is 2. The Balaban J connectivity index is 1.29. The lowest BCUT2D eigenvalue weighted by molar-refractivity contribution is -0.136. The molecule has 0 aliphatic carbocycles. The van der Waals surface area contributed by atoms with Crippen LogP contribution in [0.15, 0.2) is 42.5 Å². The molecule has 0 N–H and O–H groups in total. The summed E-state index contributed by atoms with van der Waals surface area (Å²) >= 11 is 12.5. The van der Waals surface area contributed by atoms with E-state index in [1.54, 1.807) is 19.2 Å². The number of nitrogens with zero attached hydrogens (tertiary/aromatic N) is 3. The molecule has 1 unspecified atom stereocenters. The van der Waals surface area contributed by atoms with Crippen molar-refractivity contribution in [2.24, 2.45) is 5.92 Å². The van der Waals surface area contributed by atoms with E-state index >= 15 is 0 Å². The standard InChI is InChI=1S/C29H34Cl2FN3O4/c1-33(29(37)39-23-5-3-21(32)4-6-23)27-18-35(17-24(27)20-2-7-25(30)26(31)16-20)28(36)19-8-12-34(13-9-19)22-10-14-38-15-11-22/h2-7,16,19,22,24,27H,8-15,17-18H2,1H3/t24-,27?/m1/s1. The van der Waals surface area contributed by atoms with Crippen LogP contribution in [0, 0.1) is 11.7 Å². The van der Waals surface area contributed by atoms with Gasteiger partial charge >= 0.3 is 6.09 Å². The van der Waals surface area contributed by atoms with Crippen LogP contribution in [0.25, 0.3) is 0 Å². The van der Waals surface area contributed by atoms with Gasteiger partial charge in [0.15, 0.2) is 0 Å². The molecule has 210 valence electrons. The minimum Gasteiger partial charge on any atom is -0.410 e. The molecule has 2 aromatic rings. The van der Waals surface area contributed by atoms with Crippen molar-refractivity contribution in [2.75, 3.05) is 46.4 Å². The van der Waals surface area contributed by atoms with Gasteiger partial charge in [-0.1, -0.05) is 29.3 Å². The van der Waals surface area contributed by atoms with Crippen LogP contribution in [-0.2, 0) is 9.53 Å². The van der Waals surface area contributed by atoms with E-state index in [4.69, 9.17) is 32.7 Å². The van der Waals surface area contributed by atoms with Gasteiger partial charge in [0.2, 0.25) is 5.91 Å². The summed E-state index contributed by atoms with van der Waals surface area (Å²) in [7, 11) is 1.67. The molecule has 3 fully saturated rings. The number of carbonyl (C=O) groups excluding carboxylic acids is 2. The van der Waals surface area contributed by atoms with Crippen molar-refractivity contribution in [1.29, 1.82) is 0 Å². The fourth-order valence-corrected chi connectivity index (χ4v) is 6.37. The highest BCUT2D eigenvalue weighted by atomic mass is 35.5. The molecular weight excluding hydrogens is 544 g/mol. The Bertz CT molecular complexity index is 1170. The van der Waals surface area contributed by atoms with Crippen LogP contribution in [0.5, 0.6) is 5.75 Å². The van der Waals surface area contributed by atoms with Gasteiger partial charge in [0.25, 0.3) is 0 Å². The molecule has 0 saturated carbocycles. The first-order chi connectivity index (χ1) is 18.8. The number of rotatable bonds is 5. The minimum atomic E-state index is -0.573. The SMILES string of the molecule is CN(C(=O)Oc1ccc(F)cc1)C1CN(C(=O)C2CCN(C3CCOCC3)CC2)C[C@@H]1c1ccc(Cl)c(Cl)c1. The van der Waals surface area contributed by atoms with E-state index in [1.807, 2.05) is 11.0 Å². The van der Waals surface area contributed by atoms with Gasteiger partial charge in [0.05, 0.1) is 16.1 Å². The summed E-state index contributed by atoms with van der Waals surface area (Å²) in [5.41, 5.74) is 0.903. The average Bonchev–Trinajstić information content (AvgIpc) is 3.41. The zero-order valence-electron chi connectivity index (χ0n) is 22.0. The summed E-state index contributed by atoms with van der Waals surface area (Å²) in [6, 6.07) is 11.0. The summed E-state index contributed by atoms with van der Waals surface area (Å²) in [4.78, 5) is 32.7. The van der Waals surface area contributed by atoms with Crippen molar-refractivity contribution < 1.29 is 23.5 Å². The number of benzene rings is 2. The fourth-order valence-electron chi connectivity index (χ4n) is 6.06. The van der Waals surface area contributed by atoms with Crippen molar-refractivity contribution in [3.63, 3.8) is 0 Å². The van der Waals surface area contributed by atoms with Crippen LogP contribution in [0.2, 0.25) is 10.0 Å². The molecule has 3 heterocycles. The predicted octanol–water partition coefficient (Wildman–Crippen LogP) is 5.45. The first-order valence-electron chi connectivity index (χ1n) is 13.6. The smallest absolute Gasteiger partial charge is 0.410 e. The van der Waals surface area contributed by atoms with Crippen molar-refractivity contribution >= 4 is 35.2 Å². The highest BCUT2D eigenvalue weighted by molar-refractivity contribution is 6.42. The van der Waals surface area contributed by atoms with E-state index in [9.17, 15) is 14.0 Å². The predicted molar refractivity (Wildman–Crippen MR) is 148 cm³/mol. The monoisotopic (exact) mass is 577 g/mol. The Kier molecular flexibility index (Phi) is 8.96. The van der Waals surface area contributed by atoms with E-state index in [0.29, 0.717) is 29.2 Å². The minimum absolute atomic E-state index is 0.0363. The third kappa shape index (κ3) is 6.51. The molecule has 0 radical (unpaired) electrons. The summed E-state index contributed by atoms with van der Waals surface area (Å²) in [6.45, 7) is 4.31. The zero-order valence-corrected chi connectivity index (χ0v) is 23.5. The van der Waals surface area contributed by atoms with Gasteiger partial charge in [-0.15, -0.1) is 0 Å². The maximum Gasteiger partial charge on any atom is 0.415 e. The first kappa shape index (κ1) is 28.1. The molecule has 39 heavy (non-hydrogen) atoms. The molecule has 0 aromatic heterocycles. The van der Waals surface area contributed by atoms with Crippen LogP contribution >= 0.6 is 23.2 Å². The molecule has 2 amide bonds. The number of likely N-dealkylation sites (N-methyl/N-ethyl adjacent to an activating group) is 1. The zero-order chi connectivity index (χ0) is 27.5. The van der Waals surface area contributed by atoms with E-state index < -0.39 is 11.9 Å². The van der Waals surface area contributed by atoms with Crippen molar-refractivity contribution in [3.05, 3.63) is 63.9 Å². The Morgan fingerprint density at radius 3 is 2.33 bits per heavy atom. The molecule has 5 rings (SSSR count). The number of hydrogen-bond donors (Lipinski definition) is 0. The van der Waals surface area contributed by atoms with Crippen LogP contribution in [0.1, 0.15) is 37.2 Å². The van der Waals surface area contributed by atoms with E-state index in [0.717, 1.165) is 57.6 Å². The van der Waals surface area contributed by atoms with Crippen LogP contribution in [0.4, 0.5) is 9.18 Å². The van der Waals surface area contributed by atoms with Crippen LogP contribution < -0.4 is 4.74 Å². The summed E-state index contributed by atoms with van der Waals surface area (Å²) < 4.78 is 24.3. The second-order valence-electron chi connectivity index (χ2n) is 10.7. The molecule has 0 bridgehead atoms. The Morgan fingerprint density at radius 1 is 0.974 bits per heavy atom. The molecule has 3 aliphatic rings. The van der Waals surface area contributed by atoms with E-state index in [1.165, 1.54) is 29.2 Å². The topological polar surface area (TPSA) is 62.3 Å². The summed E-state index contributed by atoms with van der Waals surface area (Å²) in [5.74, 6) is -0.231. The molecular formula is C29H34Cl2FN3O4. The van der Waals surface area contributed by atoms with Crippen molar-refractivity contribution in [1.82, 2.24) is 14.7 Å². The maximum absolute atomic E-state index is 13.7. The molecule has 2 aromatic carbocycles. The lowest BCUT2D eigenvalue weighted by Gasteiger charge is -2.39. The largest absolute Gasteiger partial charge is 0.415 e. The van der Waals surface area contributed by atoms with E-state index in [-0.39, 0.29) is 29.5 Å². The lowest BCUT2D eigenvalue weighted by Crippen LogP contribution is -2.47. The number of amides is 2. The van der Waals surface area contributed by atoms with Gasteiger partial charge in [-0.05, 0) is 80.7 Å². The Morgan fingerprint density at radius 2 is 1.67 bits per heavy atom. The lowest BCUT2D eigenvalue weighted by atomic mass is 9.92. The number of piperidine rings is 1. The average molecular weight is 579 g/mol. The molecule has 3 saturated heterocycles. The second kappa shape index (κ2) is 12.4.